The normalized spacial score (nSPS) is 32.5. The zero-order valence-electron chi connectivity index (χ0n) is 9.04. The number of halogens is 1. The minimum atomic E-state index is -3.79. The number of hydrogen-bond acceptors (Lipinski definition) is 2. The third kappa shape index (κ3) is 4.10. The van der Waals surface area contributed by atoms with E-state index in [1.165, 1.54) is 6.42 Å². The highest BCUT2D eigenvalue weighted by Gasteiger charge is 2.28. The molecule has 0 heterocycles. The second kappa shape index (κ2) is 5.27. The van der Waals surface area contributed by atoms with Crippen LogP contribution in [0.15, 0.2) is 0 Å². The molecule has 0 aromatic heterocycles. The van der Waals surface area contributed by atoms with E-state index in [0.717, 1.165) is 19.3 Å². The first-order valence-electron chi connectivity index (χ1n) is 5.50. The SMILES string of the molecule is CCCP(=O)(F)OC1CCCC(C)C1. The zero-order valence-corrected chi connectivity index (χ0v) is 9.93. The number of hydrogen-bond donors (Lipinski definition) is 0. The highest BCUT2D eigenvalue weighted by Crippen LogP contribution is 2.52. The van der Waals surface area contributed by atoms with Crippen molar-refractivity contribution >= 4 is 7.68 Å². The molecule has 2 nitrogen and oxygen atoms in total. The van der Waals surface area contributed by atoms with Crippen LogP contribution in [0.3, 0.4) is 0 Å². The van der Waals surface area contributed by atoms with Crippen LogP contribution in [-0.4, -0.2) is 12.3 Å². The maximum Gasteiger partial charge on any atom is 0.367 e. The molecule has 0 aliphatic heterocycles. The van der Waals surface area contributed by atoms with Crippen molar-refractivity contribution in [2.75, 3.05) is 6.16 Å². The Balaban J connectivity index is 2.39. The zero-order chi connectivity index (χ0) is 10.6. The minimum Gasteiger partial charge on any atom is -0.302 e. The molecule has 0 bridgehead atoms. The first-order chi connectivity index (χ1) is 6.53. The first kappa shape index (κ1) is 12.2. The van der Waals surface area contributed by atoms with Crippen LogP contribution in [0, 0.1) is 5.92 Å². The van der Waals surface area contributed by atoms with Gasteiger partial charge in [0.15, 0.2) is 0 Å². The van der Waals surface area contributed by atoms with Gasteiger partial charge >= 0.3 is 7.68 Å². The molecule has 0 aromatic carbocycles. The van der Waals surface area contributed by atoms with E-state index >= 15 is 0 Å². The Morgan fingerprint density at radius 2 is 2.21 bits per heavy atom. The maximum absolute atomic E-state index is 13.3. The van der Waals surface area contributed by atoms with E-state index in [1.54, 1.807) is 0 Å². The average Bonchev–Trinajstić information content (AvgIpc) is 2.02. The predicted molar refractivity (Wildman–Crippen MR) is 56.4 cm³/mol. The Hall–Kier alpha value is 0.120. The van der Waals surface area contributed by atoms with Crippen LogP contribution in [-0.2, 0) is 9.09 Å². The van der Waals surface area contributed by atoms with Gasteiger partial charge in [0.05, 0.1) is 12.3 Å². The van der Waals surface area contributed by atoms with Crippen molar-refractivity contribution in [2.24, 2.45) is 5.92 Å². The Labute approximate surface area is 85.8 Å². The molecule has 0 aromatic rings. The molecular formula is C10H20FO2P. The topological polar surface area (TPSA) is 26.3 Å². The fourth-order valence-corrected chi connectivity index (χ4v) is 3.29. The second-order valence-corrected chi connectivity index (χ2v) is 6.15. The largest absolute Gasteiger partial charge is 0.367 e. The molecule has 1 rings (SSSR count). The predicted octanol–water partition coefficient (Wildman–Crippen LogP) is 4.15. The molecule has 0 amide bonds. The molecule has 84 valence electrons. The van der Waals surface area contributed by atoms with Gasteiger partial charge in [-0.25, -0.2) is 0 Å². The van der Waals surface area contributed by atoms with Crippen molar-refractivity contribution in [3.05, 3.63) is 0 Å². The van der Waals surface area contributed by atoms with Crippen LogP contribution in [0.2, 0.25) is 0 Å². The molecule has 1 fully saturated rings. The van der Waals surface area contributed by atoms with Gasteiger partial charge in [0.2, 0.25) is 0 Å². The highest BCUT2D eigenvalue weighted by molar-refractivity contribution is 7.53. The lowest BCUT2D eigenvalue weighted by molar-refractivity contribution is 0.122. The van der Waals surface area contributed by atoms with E-state index in [4.69, 9.17) is 4.52 Å². The summed E-state index contributed by atoms with van der Waals surface area (Å²) in [5.74, 6) is 0.579. The van der Waals surface area contributed by atoms with Crippen LogP contribution in [0.4, 0.5) is 4.20 Å². The fourth-order valence-electron chi connectivity index (χ4n) is 2.02. The molecule has 0 radical (unpaired) electrons. The fraction of sp³-hybridized carbons (Fsp3) is 1.00. The second-order valence-electron chi connectivity index (χ2n) is 4.31. The van der Waals surface area contributed by atoms with E-state index in [9.17, 15) is 8.76 Å². The lowest BCUT2D eigenvalue weighted by Gasteiger charge is -2.27. The summed E-state index contributed by atoms with van der Waals surface area (Å²) in [4.78, 5) is 0. The van der Waals surface area contributed by atoms with Gasteiger partial charge in [0.1, 0.15) is 0 Å². The Morgan fingerprint density at radius 3 is 2.79 bits per heavy atom. The van der Waals surface area contributed by atoms with Crippen molar-refractivity contribution in [3.8, 4) is 0 Å². The Morgan fingerprint density at radius 1 is 1.50 bits per heavy atom. The van der Waals surface area contributed by atoms with E-state index in [2.05, 4.69) is 6.92 Å². The van der Waals surface area contributed by atoms with Crippen LogP contribution in [0.1, 0.15) is 46.0 Å². The van der Waals surface area contributed by atoms with Gasteiger partial charge in [0.25, 0.3) is 0 Å². The molecule has 3 atom stereocenters. The Kier molecular flexibility index (Phi) is 4.59. The highest BCUT2D eigenvalue weighted by atomic mass is 31.2. The summed E-state index contributed by atoms with van der Waals surface area (Å²) >= 11 is 0. The van der Waals surface area contributed by atoms with E-state index in [1.807, 2.05) is 6.92 Å². The van der Waals surface area contributed by atoms with Crippen LogP contribution in [0.5, 0.6) is 0 Å². The van der Waals surface area contributed by atoms with Gasteiger partial charge in [-0.05, 0) is 25.2 Å². The van der Waals surface area contributed by atoms with E-state index < -0.39 is 7.68 Å². The summed E-state index contributed by atoms with van der Waals surface area (Å²) in [5, 5.41) is 0. The molecule has 1 aliphatic rings. The van der Waals surface area contributed by atoms with E-state index in [-0.39, 0.29) is 12.3 Å². The molecule has 3 unspecified atom stereocenters. The van der Waals surface area contributed by atoms with Gasteiger partial charge in [-0.2, -0.15) is 4.20 Å². The summed E-state index contributed by atoms with van der Waals surface area (Å²) in [6.45, 7) is 3.96. The molecule has 0 saturated heterocycles. The molecule has 1 aliphatic carbocycles. The maximum atomic E-state index is 13.3. The first-order valence-corrected chi connectivity index (χ1v) is 7.20. The quantitative estimate of drug-likeness (QED) is 0.668. The van der Waals surface area contributed by atoms with Crippen LogP contribution in [0.25, 0.3) is 0 Å². The van der Waals surface area contributed by atoms with Crippen molar-refractivity contribution in [2.45, 2.75) is 52.1 Å². The average molecular weight is 222 g/mol. The van der Waals surface area contributed by atoms with Crippen LogP contribution < -0.4 is 0 Å². The summed E-state index contributed by atoms with van der Waals surface area (Å²) in [6.07, 6.45) is 4.51. The van der Waals surface area contributed by atoms with Gasteiger partial charge in [0, 0.05) is 0 Å². The van der Waals surface area contributed by atoms with Crippen LogP contribution >= 0.6 is 7.68 Å². The van der Waals surface area contributed by atoms with Crippen molar-refractivity contribution in [1.29, 1.82) is 0 Å². The molecule has 1 saturated carbocycles. The van der Waals surface area contributed by atoms with Gasteiger partial charge < -0.3 is 4.52 Å². The van der Waals surface area contributed by atoms with Crippen molar-refractivity contribution in [1.82, 2.24) is 0 Å². The third-order valence-electron chi connectivity index (χ3n) is 2.69. The monoisotopic (exact) mass is 222 g/mol. The summed E-state index contributed by atoms with van der Waals surface area (Å²) in [7, 11) is -3.79. The molecular weight excluding hydrogens is 202 g/mol. The summed E-state index contributed by atoms with van der Waals surface area (Å²) in [6, 6.07) is 0. The lowest BCUT2D eigenvalue weighted by atomic mass is 9.89. The molecule has 0 spiro atoms. The lowest BCUT2D eigenvalue weighted by Crippen LogP contribution is -2.20. The molecule has 0 N–H and O–H groups in total. The van der Waals surface area contributed by atoms with Crippen molar-refractivity contribution in [3.63, 3.8) is 0 Å². The minimum absolute atomic E-state index is 0.0673. The summed E-state index contributed by atoms with van der Waals surface area (Å²) < 4.78 is 29.7. The third-order valence-corrected chi connectivity index (χ3v) is 4.28. The van der Waals surface area contributed by atoms with Gasteiger partial charge in [-0.3, -0.25) is 4.57 Å². The smallest absolute Gasteiger partial charge is 0.302 e. The van der Waals surface area contributed by atoms with Gasteiger partial charge in [-0.15, -0.1) is 0 Å². The van der Waals surface area contributed by atoms with Gasteiger partial charge in [-0.1, -0.05) is 26.7 Å². The molecule has 4 heteroatoms. The molecule has 14 heavy (non-hydrogen) atoms. The summed E-state index contributed by atoms with van der Waals surface area (Å²) in [5.41, 5.74) is 0. The van der Waals surface area contributed by atoms with Crippen molar-refractivity contribution < 1.29 is 13.3 Å². The van der Waals surface area contributed by atoms with E-state index in [0.29, 0.717) is 12.3 Å². The number of rotatable bonds is 4. The standard InChI is InChI=1S/C10H20FO2P/c1-3-7-14(11,12)13-10-6-4-5-9(2)8-10/h9-10H,3-8H2,1-2H3. The Bertz CT molecular complexity index is 220.